The molecule has 0 aliphatic carbocycles. The number of aromatic carboxylic acids is 1. The molecule has 0 atom stereocenters. The number of carbonyl (C=O) groups excluding carboxylic acids is 1. The number of nitrogens with zero attached hydrogens (tertiary/aromatic N) is 1. The second-order valence-corrected chi connectivity index (χ2v) is 2.87. The monoisotopic (exact) mass is 195 g/mol. The SMILES string of the molecule is O=CCC#Cc1csc(C(=O)O)n1. The molecule has 5 heteroatoms. The van der Waals surface area contributed by atoms with E-state index in [-0.39, 0.29) is 11.4 Å². The van der Waals surface area contributed by atoms with Gasteiger partial charge in [-0.3, -0.25) is 0 Å². The van der Waals surface area contributed by atoms with Crippen LogP contribution in [0, 0.1) is 11.8 Å². The Hall–Kier alpha value is -1.67. The Labute approximate surface area is 78.2 Å². The van der Waals surface area contributed by atoms with E-state index in [2.05, 4.69) is 16.8 Å². The fourth-order valence-electron chi connectivity index (χ4n) is 0.613. The van der Waals surface area contributed by atoms with Crippen molar-refractivity contribution in [2.24, 2.45) is 0 Å². The topological polar surface area (TPSA) is 67.3 Å². The molecule has 1 heterocycles. The molecule has 1 aromatic rings. The maximum absolute atomic E-state index is 10.4. The maximum Gasteiger partial charge on any atom is 0.365 e. The van der Waals surface area contributed by atoms with E-state index in [0.717, 1.165) is 11.3 Å². The molecule has 0 unspecified atom stereocenters. The van der Waals surface area contributed by atoms with Crippen molar-refractivity contribution in [2.75, 3.05) is 0 Å². The lowest BCUT2D eigenvalue weighted by Gasteiger charge is -1.79. The van der Waals surface area contributed by atoms with E-state index in [0.29, 0.717) is 12.0 Å². The van der Waals surface area contributed by atoms with Crippen molar-refractivity contribution in [2.45, 2.75) is 6.42 Å². The van der Waals surface area contributed by atoms with Crippen LogP contribution in [0.25, 0.3) is 0 Å². The summed E-state index contributed by atoms with van der Waals surface area (Å²) in [6.07, 6.45) is 0.817. The van der Waals surface area contributed by atoms with Crippen LogP contribution in [0.4, 0.5) is 0 Å². The lowest BCUT2D eigenvalue weighted by atomic mass is 10.4. The first-order valence-corrected chi connectivity index (χ1v) is 4.23. The highest BCUT2D eigenvalue weighted by Gasteiger charge is 2.06. The number of hydrogen-bond donors (Lipinski definition) is 1. The molecule has 13 heavy (non-hydrogen) atoms. The van der Waals surface area contributed by atoms with Gasteiger partial charge < -0.3 is 9.90 Å². The van der Waals surface area contributed by atoms with Crippen molar-refractivity contribution in [3.05, 3.63) is 16.1 Å². The van der Waals surface area contributed by atoms with Gasteiger partial charge in [-0.1, -0.05) is 5.92 Å². The number of rotatable bonds is 2. The lowest BCUT2D eigenvalue weighted by Crippen LogP contribution is -1.94. The van der Waals surface area contributed by atoms with Crippen molar-refractivity contribution in [3.8, 4) is 11.8 Å². The minimum Gasteiger partial charge on any atom is -0.476 e. The lowest BCUT2D eigenvalue weighted by molar-refractivity contribution is -0.107. The van der Waals surface area contributed by atoms with E-state index in [9.17, 15) is 9.59 Å². The van der Waals surface area contributed by atoms with Gasteiger partial charge in [-0.05, 0) is 5.92 Å². The number of carboxylic acid groups (broad SMARTS) is 1. The van der Waals surface area contributed by atoms with Gasteiger partial charge in [-0.25, -0.2) is 9.78 Å². The highest BCUT2D eigenvalue weighted by atomic mass is 32.1. The molecule has 0 radical (unpaired) electrons. The number of thiazole rings is 1. The summed E-state index contributed by atoms with van der Waals surface area (Å²) < 4.78 is 0. The van der Waals surface area contributed by atoms with Crippen molar-refractivity contribution in [3.63, 3.8) is 0 Å². The predicted molar refractivity (Wildman–Crippen MR) is 46.6 cm³/mol. The zero-order chi connectivity index (χ0) is 9.68. The normalized spacial score (nSPS) is 8.62. The van der Waals surface area contributed by atoms with E-state index < -0.39 is 5.97 Å². The third kappa shape index (κ3) is 2.69. The smallest absolute Gasteiger partial charge is 0.365 e. The highest BCUT2D eigenvalue weighted by Crippen LogP contribution is 2.07. The summed E-state index contributed by atoms with van der Waals surface area (Å²) in [5, 5.41) is 10.1. The second-order valence-electron chi connectivity index (χ2n) is 2.02. The van der Waals surface area contributed by atoms with Crippen molar-refractivity contribution >= 4 is 23.6 Å². The Kier molecular flexibility index (Phi) is 3.17. The number of hydrogen-bond acceptors (Lipinski definition) is 4. The fraction of sp³-hybridized carbons (Fsp3) is 0.125. The second kappa shape index (κ2) is 4.38. The molecule has 0 saturated heterocycles. The number of carbonyl (C=O) groups is 2. The largest absolute Gasteiger partial charge is 0.476 e. The summed E-state index contributed by atoms with van der Waals surface area (Å²) in [6, 6.07) is 0. The summed E-state index contributed by atoms with van der Waals surface area (Å²) in [6.45, 7) is 0. The molecule has 0 aliphatic rings. The van der Waals surface area contributed by atoms with E-state index in [1.165, 1.54) is 0 Å². The molecule has 4 nitrogen and oxygen atoms in total. The van der Waals surface area contributed by atoms with Gasteiger partial charge in [0.15, 0.2) is 0 Å². The fourth-order valence-corrected chi connectivity index (χ4v) is 1.20. The van der Waals surface area contributed by atoms with Crippen molar-refractivity contribution in [1.82, 2.24) is 4.98 Å². The maximum atomic E-state index is 10.4. The van der Waals surface area contributed by atoms with Crippen LogP contribution in [-0.2, 0) is 4.79 Å². The summed E-state index contributed by atoms with van der Waals surface area (Å²) in [5.74, 6) is 4.05. The first-order chi connectivity index (χ1) is 6.24. The quantitative estimate of drug-likeness (QED) is 0.559. The minimum atomic E-state index is -1.06. The third-order valence-electron chi connectivity index (χ3n) is 1.09. The Balaban J connectivity index is 2.76. The van der Waals surface area contributed by atoms with E-state index >= 15 is 0 Å². The molecule has 1 rings (SSSR count). The average Bonchev–Trinajstić information content (AvgIpc) is 2.53. The van der Waals surface area contributed by atoms with Gasteiger partial charge in [0.1, 0.15) is 12.0 Å². The van der Waals surface area contributed by atoms with Crippen LogP contribution in [0.3, 0.4) is 0 Å². The Bertz CT molecular complexity index is 386. The first-order valence-electron chi connectivity index (χ1n) is 3.35. The summed E-state index contributed by atoms with van der Waals surface area (Å²) >= 11 is 1.01. The Morgan fingerprint density at radius 3 is 3.08 bits per heavy atom. The standard InChI is InChI=1S/C8H5NO3S/c10-4-2-1-3-6-5-13-7(9-6)8(11)12/h4-5H,2H2,(H,11,12). The first kappa shape index (κ1) is 9.42. The molecular formula is C8H5NO3S. The van der Waals surface area contributed by atoms with Crippen molar-refractivity contribution < 1.29 is 14.7 Å². The predicted octanol–water partition coefficient (Wildman–Crippen LogP) is 0.782. The summed E-state index contributed by atoms with van der Waals surface area (Å²) in [5.41, 5.74) is 0.393. The molecule has 0 bridgehead atoms. The Morgan fingerprint density at radius 1 is 1.77 bits per heavy atom. The van der Waals surface area contributed by atoms with E-state index in [4.69, 9.17) is 5.11 Å². The van der Waals surface area contributed by atoms with Gasteiger partial charge in [0, 0.05) is 5.38 Å². The van der Waals surface area contributed by atoms with Crippen LogP contribution in [0.15, 0.2) is 5.38 Å². The van der Waals surface area contributed by atoms with Crippen LogP contribution in [0.1, 0.15) is 21.9 Å². The van der Waals surface area contributed by atoms with Crippen LogP contribution < -0.4 is 0 Å². The van der Waals surface area contributed by atoms with Gasteiger partial charge >= 0.3 is 5.97 Å². The summed E-state index contributed by atoms with van der Waals surface area (Å²) in [4.78, 5) is 24.0. The minimum absolute atomic E-state index is 0.00963. The van der Waals surface area contributed by atoms with Crippen LogP contribution in [0.2, 0.25) is 0 Å². The molecule has 1 N–H and O–H groups in total. The van der Waals surface area contributed by atoms with E-state index in [1.807, 2.05) is 0 Å². The molecule has 66 valence electrons. The number of aldehydes is 1. The highest BCUT2D eigenvalue weighted by molar-refractivity contribution is 7.11. The van der Waals surface area contributed by atoms with Gasteiger partial charge in [-0.15, -0.1) is 11.3 Å². The molecule has 0 amide bonds. The van der Waals surface area contributed by atoms with E-state index in [1.54, 1.807) is 5.38 Å². The molecule has 0 saturated carbocycles. The zero-order valence-electron chi connectivity index (χ0n) is 6.48. The van der Waals surface area contributed by atoms with Crippen LogP contribution >= 0.6 is 11.3 Å². The molecular weight excluding hydrogens is 190 g/mol. The van der Waals surface area contributed by atoms with Crippen molar-refractivity contribution in [1.29, 1.82) is 0 Å². The number of carboxylic acids is 1. The molecule has 1 aromatic heterocycles. The molecule has 0 spiro atoms. The van der Waals surface area contributed by atoms with Gasteiger partial charge in [-0.2, -0.15) is 0 Å². The molecule has 0 aliphatic heterocycles. The summed E-state index contributed by atoms with van der Waals surface area (Å²) in [7, 11) is 0. The van der Waals surface area contributed by atoms with Gasteiger partial charge in [0.05, 0.1) is 6.42 Å². The zero-order valence-corrected chi connectivity index (χ0v) is 7.30. The van der Waals surface area contributed by atoms with Crippen LogP contribution in [-0.4, -0.2) is 22.3 Å². The van der Waals surface area contributed by atoms with Gasteiger partial charge in [0.25, 0.3) is 0 Å². The van der Waals surface area contributed by atoms with Gasteiger partial charge in [0.2, 0.25) is 5.01 Å². The Morgan fingerprint density at radius 2 is 2.54 bits per heavy atom. The van der Waals surface area contributed by atoms with Crippen LogP contribution in [0.5, 0.6) is 0 Å². The molecule has 0 fully saturated rings. The number of aromatic nitrogens is 1. The third-order valence-corrected chi connectivity index (χ3v) is 1.92. The molecule has 0 aromatic carbocycles. The average molecular weight is 195 g/mol.